The number of oxazole rings is 1. The Morgan fingerprint density at radius 2 is 2.13 bits per heavy atom. The molecule has 1 aromatic carbocycles. The lowest BCUT2D eigenvalue weighted by atomic mass is 10.2. The molecule has 0 saturated carbocycles. The van der Waals surface area contributed by atoms with E-state index in [-0.39, 0.29) is 28.9 Å². The van der Waals surface area contributed by atoms with E-state index in [1.807, 2.05) is 7.05 Å². The number of likely N-dealkylation sites (N-methyl/N-ethyl adjacent to an activating group) is 1. The zero-order chi connectivity index (χ0) is 15.9. The number of nitrogens with zero attached hydrogens (tertiary/aromatic N) is 2. The third-order valence-electron chi connectivity index (χ3n) is 4.13. The SMILES string of the molecule is CNCC1CCCN1S(=O)(=O)c1ccc2c(c1)oc(=O)n2C.Cl. The Morgan fingerprint density at radius 3 is 2.83 bits per heavy atom. The fourth-order valence-electron chi connectivity index (χ4n) is 2.98. The normalized spacial score (nSPS) is 19.1. The van der Waals surface area contributed by atoms with Crippen molar-refractivity contribution in [2.45, 2.75) is 23.8 Å². The molecule has 1 aromatic heterocycles. The first-order valence-corrected chi connectivity index (χ1v) is 8.65. The van der Waals surface area contributed by atoms with Gasteiger partial charge in [-0.15, -0.1) is 12.4 Å². The van der Waals surface area contributed by atoms with E-state index in [1.54, 1.807) is 13.1 Å². The minimum absolute atomic E-state index is 0. The van der Waals surface area contributed by atoms with Gasteiger partial charge in [-0.2, -0.15) is 4.31 Å². The number of aryl methyl sites for hydroxylation is 1. The molecule has 128 valence electrons. The van der Waals surface area contributed by atoms with Crippen LogP contribution in [0.4, 0.5) is 0 Å². The molecule has 1 fully saturated rings. The van der Waals surface area contributed by atoms with E-state index in [9.17, 15) is 13.2 Å². The van der Waals surface area contributed by atoms with Gasteiger partial charge in [-0.3, -0.25) is 4.57 Å². The van der Waals surface area contributed by atoms with Crippen LogP contribution in [0, 0.1) is 0 Å². The molecule has 1 saturated heterocycles. The highest BCUT2D eigenvalue weighted by atomic mass is 35.5. The topological polar surface area (TPSA) is 84.6 Å². The third kappa shape index (κ3) is 3.03. The molecule has 0 aliphatic carbocycles. The summed E-state index contributed by atoms with van der Waals surface area (Å²) in [6.07, 6.45) is 1.71. The number of hydrogen-bond acceptors (Lipinski definition) is 5. The zero-order valence-electron chi connectivity index (χ0n) is 13.0. The number of aromatic nitrogens is 1. The highest BCUT2D eigenvalue weighted by Gasteiger charge is 2.35. The first-order chi connectivity index (χ1) is 10.4. The maximum atomic E-state index is 12.8. The molecule has 1 unspecified atom stereocenters. The predicted molar refractivity (Wildman–Crippen MR) is 89.5 cm³/mol. The second-order valence-electron chi connectivity index (χ2n) is 5.53. The average molecular weight is 362 g/mol. The lowest BCUT2D eigenvalue weighted by molar-refractivity contribution is 0.379. The van der Waals surface area contributed by atoms with Crippen LogP contribution in [0.3, 0.4) is 0 Å². The van der Waals surface area contributed by atoms with Crippen LogP contribution in [-0.4, -0.2) is 43.5 Å². The number of sulfonamides is 1. The van der Waals surface area contributed by atoms with Crippen LogP contribution in [0.2, 0.25) is 0 Å². The van der Waals surface area contributed by atoms with E-state index in [4.69, 9.17) is 4.42 Å². The molecule has 3 rings (SSSR count). The molecule has 23 heavy (non-hydrogen) atoms. The van der Waals surface area contributed by atoms with Crippen molar-refractivity contribution in [3.05, 3.63) is 28.7 Å². The standard InChI is InChI=1S/C14H19N3O4S.ClH/c1-15-9-10-4-3-7-17(10)22(19,20)11-5-6-12-13(8-11)21-14(18)16(12)2;/h5-6,8,10,15H,3-4,7,9H2,1-2H3;1H. The summed E-state index contributed by atoms with van der Waals surface area (Å²) < 4.78 is 33.6. The summed E-state index contributed by atoms with van der Waals surface area (Å²) in [6, 6.07) is 4.53. The zero-order valence-corrected chi connectivity index (χ0v) is 14.6. The van der Waals surface area contributed by atoms with Crippen molar-refractivity contribution in [3.8, 4) is 0 Å². The van der Waals surface area contributed by atoms with Gasteiger partial charge in [0.25, 0.3) is 0 Å². The van der Waals surface area contributed by atoms with Gasteiger partial charge in [0.1, 0.15) is 0 Å². The van der Waals surface area contributed by atoms with E-state index < -0.39 is 15.8 Å². The Kier molecular flexibility index (Phi) is 5.20. The van der Waals surface area contributed by atoms with Crippen molar-refractivity contribution in [2.24, 2.45) is 7.05 Å². The van der Waals surface area contributed by atoms with Crippen molar-refractivity contribution >= 4 is 33.5 Å². The minimum Gasteiger partial charge on any atom is -0.408 e. The monoisotopic (exact) mass is 361 g/mol. The molecule has 1 aliphatic rings. The fraction of sp³-hybridized carbons (Fsp3) is 0.500. The molecule has 7 nitrogen and oxygen atoms in total. The highest BCUT2D eigenvalue weighted by molar-refractivity contribution is 7.89. The first-order valence-electron chi connectivity index (χ1n) is 7.21. The van der Waals surface area contributed by atoms with Gasteiger partial charge in [0, 0.05) is 32.2 Å². The first kappa shape index (κ1) is 18.0. The van der Waals surface area contributed by atoms with E-state index in [0.29, 0.717) is 18.6 Å². The molecule has 0 spiro atoms. The second-order valence-corrected chi connectivity index (χ2v) is 7.42. The molecule has 2 aromatic rings. The summed E-state index contributed by atoms with van der Waals surface area (Å²) >= 11 is 0. The van der Waals surface area contributed by atoms with E-state index in [1.165, 1.54) is 21.0 Å². The van der Waals surface area contributed by atoms with Crippen LogP contribution in [-0.2, 0) is 17.1 Å². The van der Waals surface area contributed by atoms with Gasteiger partial charge in [0.2, 0.25) is 10.0 Å². The van der Waals surface area contributed by atoms with Gasteiger partial charge < -0.3 is 9.73 Å². The van der Waals surface area contributed by atoms with E-state index in [2.05, 4.69) is 5.32 Å². The molecule has 0 amide bonds. The fourth-order valence-corrected chi connectivity index (χ4v) is 4.68. The Hall–Kier alpha value is -1.35. The summed E-state index contributed by atoms with van der Waals surface area (Å²) in [5.41, 5.74) is 0.870. The molecular weight excluding hydrogens is 342 g/mol. The Labute approximate surface area is 140 Å². The third-order valence-corrected chi connectivity index (χ3v) is 6.08. The summed E-state index contributed by atoms with van der Waals surface area (Å²) in [4.78, 5) is 11.7. The summed E-state index contributed by atoms with van der Waals surface area (Å²) in [6.45, 7) is 1.15. The van der Waals surface area contributed by atoms with Crippen LogP contribution < -0.4 is 11.1 Å². The van der Waals surface area contributed by atoms with Crippen molar-refractivity contribution in [3.63, 3.8) is 0 Å². The van der Waals surface area contributed by atoms with Gasteiger partial charge in [-0.05, 0) is 32.0 Å². The van der Waals surface area contributed by atoms with Crippen molar-refractivity contribution in [1.82, 2.24) is 14.2 Å². The van der Waals surface area contributed by atoms with Crippen molar-refractivity contribution in [1.29, 1.82) is 0 Å². The molecule has 1 aliphatic heterocycles. The van der Waals surface area contributed by atoms with Crippen molar-refractivity contribution in [2.75, 3.05) is 20.1 Å². The van der Waals surface area contributed by atoms with Crippen LogP contribution in [0.5, 0.6) is 0 Å². The number of halogens is 1. The lowest BCUT2D eigenvalue weighted by Gasteiger charge is -2.23. The van der Waals surface area contributed by atoms with Gasteiger partial charge in [-0.1, -0.05) is 0 Å². The molecule has 1 N–H and O–H groups in total. The molecule has 1 atom stereocenters. The smallest absolute Gasteiger partial charge is 0.408 e. The Balaban J connectivity index is 0.00000192. The number of benzene rings is 1. The maximum Gasteiger partial charge on any atom is 0.419 e. The van der Waals surface area contributed by atoms with Gasteiger partial charge >= 0.3 is 5.76 Å². The van der Waals surface area contributed by atoms with Crippen LogP contribution in [0.15, 0.2) is 32.3 Å². The quantitative estimate of drug-likeness (QED) is 0.875. The van der Waals surface area contributed by atoms with E-state index in [0.717, 1.165) is 12.8 Å². The molecule has 0 bridgehead atoms. The minimum atomic E-state index is -3.58. The van der Waals surface area contributed by atoms with Crippen LogP contribution in [0.25, 0.3) is 11.1 Å². The van der Waals surface area contributed by atoms with Crippen molar-refractivity contribution < 1.29 is 12.8 Å². The highest BCUT2D eigenvalue weighted by Crippen LogP contribution is 2.27. The van der Waals surface area contributed by atoms with Crippen LogP contribution >= 0.6 is 12.4 Å². The number of hydrogen-bond donors (Lipinski definition) is 1. The second kappa shape index (κ2) is 6.64. The van der Waals surface area contributed by atoms with Gasteiger partial charge in [-0.25, -0.2) is 13.2 Å². The molecular formula is C14H20ClN3O4S. The predicted octanol–water partition coefficient (Wildman–Crippen LogP) is 0.926. The Bertz CT molecular complexity index is 859. The molecule has 0 radical (unpaired) electrons. The van der Waals surface area contributed by atoms with Gasteiger partial charge in [0.15, 0.2) is 5.58 Å². The average Bonchev–Trinajstić information content (AvgIpc) is 3.05. The van der Waals surface area contributed by atoms with Gasteiger partial charge in [0.05, 0.1) is 10.4 Å². The number of rotatable bonds is 4. The summed E-state index contributed by atoms with van der Waals surface area (Å²) in [5.74, 6) is -0.501. The number of nitrogens with one attached hydrogen (secondary N) is 1. The largest absolute Gasteiger partial charge is 0.419 e. The Morgan fingerprint density at radius 1 is 1.39 bits per heavy atom. The molecule has 9 heteroatoms. The van der Waals surface area contributed by atoms with Crippen LogP contribution in [0.1, 0.15) is 12.8 Å². The van der Waals surface area contributed by atoms with E-state index >= 15 is 0 Å². The maximum absolute atomic E-state index is 12.8. The summed E-state index contributed by atoms with van der Waals surface area (Å²) in [7, 11) is -0.181. The number of fused-ring (bicyclic) bond motifs is 1. The summed E-state index contributed by atoms with van der Waals surface area (Å²) in [5, 5.41) is 3.03. The lowest BCUT2D eigenvalue weighted by Crippen LogP contribution is -2.40. The molecule has 2 heterocycles.